The molecule has 2 aromatic rings. The monoisotopic (exact) mass is 281 g/mol. The van der Waals surface area contributed by atoms with Gasteiger partial charge in [-0.15, -0.1) is 10.2 Å². The predicted octanol–water partition coefficient (Wildman–Crippen LogP) is 0.235. The summed E-state index contributed by atoms with van der Waals surface area (Å²) in [6.07, 6.45) is 0. The first-order valence-corrected chi connectivity index (χ1v) is 6.61. The van der Waals surface area contributed by atoms with Crippen LogP contribution in [0.4, 0.5) is 4.39 Å². The molecule has 0 radical (unpaired) electrons. The smallest absolute Gasteiger partial charge is 0.423 e. The van der Waals surface area contributed by atoms with Crippen LogP contribution in [0, 0.1) is 12.7 Å². The fourth-order valence-electron chi connectivity index (χ4n) is 1.59. The van der Waals surface area contributed by atoms with Crippen LogP contribution < -0.4 is 5.46 Å². The van der Waals surface area contributed by atoms with Gasteiger partial charge in [-0.2, -0.15) is 0 Å². The SMILES string of the molecule is Cc1nnc(SCc2ccc(F)cc2B(O)O)n1C. The molecule has 1 heterocycles. The fraction of sp³-hybridized carbons (Fsp3) is 0.273. The van der Waals surface area contributed by atoms with Crippen LogP contribution in [-0.4, -0.2) is 31.9 Å². The van der Waals surface area contributed by atoms with Crippen LogP contribution in [-0.2, 0) is 12.8 Å². The van der Waals surface area contributed by atoms with Crippen LogP contribution in [0.15, 0.2) is 23.4 Å². The summed E-state index contributed by atoms with van der Waals surface area (Å²) in [5.74, 6) is 0.759. The summed E-state index contributed by atoms with van der Waals surface area (Å²) in [6.45, 7) is 1.85. The molecule has 0 atom stereocenters. The molecule has 2 N–H and O–H groups in total. The molecule has 0 aliphatic carbocycles. The van der Waals surface area contributed by atoms with Gasteiger partial charge in [0.2, 0.25) is 0 Å². The number of thioether (sulfide) groups is 1. The molecule has 0 aliphatic rings. The van der Waals surface area contributed by atoms with Crippen LogP contribution in [0.5, 0.6) is 0 Å². The second-order valence-corrected chi connectivity index (χ2v) is 5.04. The van der Waals surface area contributed by atoms with Crippen molar-refractivity contribution >= 4 is 24.3 Å². The van der Waals surface area contributed by atoms with Crippen molar-refractivity contribution in [2.45, 2.75) is 17.8 Å². The first kappa shape index (κ1) is 14.0. The van der Waals surface area contributed by atoms with Crippen molar-refractivity contribution in [3.05, 3.63) is 35.4 Å². The molecule has 0 amide bonds. The molecule has 0 spiro atoms. The van der Waals surface area contributed by atoms with E-state index in [0.717, 1.165) is 17.0 Å². The van der Waals surface area contributed by atoms with Crippen molar-refractivity contribution in [3.63, 3.8) is 0 Å². The van der Waals surface area contributed by atoms with Crippen molar-refractivity contribution in [1.29, 1.82) is 0 Å². The van der Waals surface area contributed by atoms with E-state index >= 15 is 0 Å². The summed E-state index contributed by atoms with van der Waals surface area (Å²) in [6, 6.07) is 3.96. The lowest BCUT2D eigenvalue weighted by Gasteiger charge is -2.08. The fourth-order valence-corrected chi connectivity index (χ4v) is 2.57. The van der Waals surface area contributed by atoms with Gasteiger partial charge in [0.25, 0.3) is 0 Å². The van der Waals surface area contributed by atoms with Gasteiger partial charge >= 0.3 is 7.12 Å². The van der Waals surface area contributed by atoms with E-state index in [1.54, 1.807) is 6.07 Å². The Bertz CT molecular complexity index is 591. The quantitative estimate of drug-likeness (QED) is 0.620. The van der Waals surface area contributed by atoms with Crippen molar-refractivity contribution in [2.75, 3.05) is 0 Å². The van der Waals surface area contributed by atoms with E-state index in [9.17, 15) is 14.4 Å². The molecule has 0 saturated carbocycles. The molecule has 0 aliphatic heterocycles. The Morgan fingerprint density at radius 2 is 2.11 bits per heavy atom. The van der Waals surface area contributed by atoms with Gasteiger partial charge in [0.05, 0.1) is 0 Å². The Morgan fingerprint density at radius 3 is 2.68 bits per heavy atom. The van der Waals surface area contributed by atoms with Gasteiger partial charge in [0.15, 0.2) is 5.16 Å². The molecule has 100 valence electrons. The molecule has 1 aromatic carbocycles. The Hall–Kier alpha value is -1.38. The van der Waals surface area contributed by atoms with E-state index < -0.39 is 12.9 Å². The molecule has 2 rings (SSSR count). The maximum Gasteiger partial charge on any atom is 0.488 e. The van der Waals surface area contributed by atoms with Crippen molar-refractivity contribution in [2.24, 2.45) is 7.05 Å². The number of hydrogen-bond acceptors (Lipinski definition) is 5. The highest BCUT2D eigenvalue weighted by Crippen LogP contribution is 2.20. The van der Waals surface area contributed by atoms with Crippen LogP contribution in [0.1, 0.15) is 11.4 Å². The van der Waals surface area contributed by atoms with Crippen molar-refractivity contribution in [1.82, 2.24) is 14.8 Å². The van der Waals surface area contributed by atoms with Crippen molar-refractivity contribution in [3.8, 4) is 0 Å². The lowest BCUT2D eigenvalue weighted by Crippen LogP contribution is -2.33. The van der Waals surface area contributed by atoms with E-state index in [-0.39, 0.29) is 5.46 Å². The Balaban J connectivity index is 2.17. The number of rotatable bonds is 4. The topological polar surface area (TPSA) is 71.2 Å². The summed E-state index contributed by atoms with van der Waals surface area (Å²) in [4.78, 5) is 0. The van der Waals surface area contributed by atoms with Gasteiger partial charge in [-0.25, -0.2) is 4.39 Å². The third-order valence-electron chi connectivity index (χ3n) is 2.80. The van der Waals surface area contributed by atoms with E-state index in [0.29, 0.717) is 11.3 Å². The molecule has 8 heteroatoms. The first-order valence-electron chi connectivity index (χ1n) is 5.62. The molecule has 5 nitrogen and oxygen atoms in total. The minimum absolute atomic E-state index is 0.173. The second kappa shape index (κ2) is 5.73. The Kier molecular flexibility index (Phi) is 4.23. The summed E-state index contributed by atoms with van der Waals surface area (Å²) in [5, 5.41) is 27.1. The van der Waals surface area contributed by atoms with E-state index in [4.69, 9.17) is 0 Å². The van der Waals surface area contributed by atoms with Crippen LogP contribution in [0.3, 0.4) is 0 Å². The highest BCUT2D eigenvalue weighted by Gasteiger charge is 2.17. The van der Waals surface area contributed by atoms with Crippen LogP contribution in [0.2, 0.25) is 0 Å². The molecule has 19 heavy (non-hydrogen) atoms. The number of hydrogen-bond donors (Lipinski definition) is 2. The highest BCUT2D eigenvalue weighted by molar-refractivity contribution is 7.98. The highest BCUT2D eigenvalue weighted by atomic mass is 32.2. The molecule has 0 saturated heterocycles. The number of nitrogens with zero attached hydrogens (tertiary/aromatic N) is 3. The predicted molar refractivity (Wildman–Crippen MR) is 71.5 cm³/mol. The van der Waals surface area contributed by atoms with Crippen LogP contribution in [0.25, 0.3) is 0 Å². The van der Waals surface area contributed by atoms with Gasteiger partial charge in [-0.1, -0.05) is 17.8 Å². The zero-order chi connectivity index (χ0) is 14.0. The molecule has 0 fully saturated rings. The Morgan fingerprint density at radius 1 is 1.37 bits per heavy atom. The van der Waals surface area contributed by atoms with Gasteiger partial charge in [0.1, 0.15) is 11.6 Å². The Labute approximate surface area is 114 Å². The van der Waals surface area contributed by atoms with Gasteiger partial charge in [0, 0.05) is 12.8 Å². The largest absolute Gasteiger partial charge is 0.488 e. The van der Waals surface area contributed by atoms with Gasteiger partial charge in [-0.05, 0) is 30.1 Å². The lowest BCUT2D eigenvalue weighted by atomic mass is 9.77. The number of halogens is 1. The average Bonchev–Trinajstić information content (AvgIpc) is 2.68. The maximum atomic E-state index is 13.1. The number of benzene rings is 1. The van der Waals surface area contributed by atoms with Crippen LogP contribution >= 0.6 is 11.8 Å². The van der Waals surface area contributed by atoms with E-state index in [2.05, 4.69) is 10.2 Å². The summed E-state index contributed by atoms with van der Waals surface area (Å²) < 4.78 is 14.9. The number of aromatic nitrogens is 3. The van der Waals surface area contributed by atoms with Crippen molar-refractivity contribution < 1.29 is 14.4 Å². The average molecular weight is 281 g/mol. The third kappa shape index (κ3) is 3.15. The third-order valence-corrected chi connectivity index (χ3v) is 3.86. The van der Waals surface area contributed by atoms with E-state index in [1.165, 1.54) is 17.8 Å². The second-order valence-electron chi connectivity index (χ2n) is 4.09. The summed E-state index contributed by atoms with van der Waals surface area (Å²) in [7, 11) is 0.164. The number of aryl methyl sites for hydroxylation is 1. The van der Waals surface area contributed by atoms with Gasteiger partial charge < -0.3 is 14.6 Å². The zero-order valence-electron chi connectivity index (χ0n) is 10.5. The standard InChI is InChI=1S/C11H13BFN3O2S/c1-7-14-15-11(16(7)2)19-6-8-3-4-9(13)5-10(8)12(17)18/h3-5,17-18H,6H2,1-2H3. The van der Waals surface area contributed by atoms with E-state index in [1.807, 2.05) is 18.5 Å². The molecular formula is C11H13BFN3O2S. The minimum atomic E-state index is -1.69. The molecule has 1 aromatic heterocycles. The summed E-state index contributed by atoms with van der Waals surface area (Å²) >= 11 is 1.40. The molecule has 0 bridgehead atoms. The minimum Gasteiger partial charge on any atom is -0.423 e. The lowest BCUT2D eigenvalue weighted by molar-refractivity contribution is 0.425. The normalized spacial score (nSPS) is 10.8. The molecular weight excluding hydrogens is 268 g/mol. The maximum absolute atomic E-state index is 13.1. The molecule has 0 unspecified atom stereocenters. The zero-order valence-corrected chi connectivity index (χ0v) is 11.4. The first-order chi connectivity index (χ1) is 8.99. The van der Waals surface area contributed by atoms with Gasteiger partial charge in [-0.3, -0.25) is 0 Å². The summed E-state index contributed by atoms with van der Waals surface area (Å²) in [5.41, 5.74) is 0.827.